The molecule has 5 nitrogen and oxygen atoms in total. The number of aliphatic imine (C=N–C) groups is 1. The van der Waals surface area contributed by atoms with E-state index in [1.54, 1.807) is 0 Å². The average molecular weight is 284 g/mol. The predicted molar refractivity (Wildman–Crippen MR) is 85.3 cm³/mol. The average Bonchev–Trinajstić information content (AvgIpc) is 2.46. The van der Waals surface area contributed by atoms with E-state index in [-0.39, 0.29) is 0 Å². The molecule has 0 amide bonds. The SMILES string of the molecule is CN=C(NCCCCN1CCOCC1)NC(C)C(C)C. The number of guanidine groups is 1. The van der Waals surface area contributed by atoms with Crippen molar-refractivity contribution < 1.29 is 4.74 Å². The first-order valence-corrected chi connectivity index (χ1v) is 7.90. The minimum Gasteiger partial charge on any atom is -0.379 e. The third kappa shape index (κ3) is 7.10. The van der Waals surface area contributed by atoms with Crippen LogP contribution in [-0.4, -0.2) is 63.3 Å². The Morgan fingerprint density at radius 3 is 2.50 bits per heavy atom. The van der Waals surface area contributed by atoms with Crippen molar-refractivity contribution in [1.29, 1.82) is 0 Å². The highest BCUT2D eigenvalue weighted by molar-refractivity contribution is 5.79. The highest BCUT2D eigenvalue weighted by Crippen LogP contribution is 2.00. The third-order valence-corrected chi connectivity index (χ3v) is 3.89. The summed E-state index contributed by atoms with van der Waals surface area (Å²) in [5.41, 5.74) is 0. The zero-order chi connectivity index (χ0) is 14.8. The summed E-state index contributed by atoms with van der Waals surface area (Å²) in [5.74, 6) is 1.52. The van der Waals surface area contributed by atoms with Crippen LogP contribution in [0.5, 0.6) is 0 Å². The lowest BCUT2D eigenvalue weighted by atomic mass is 10.1. The second-order valence-electron chi connectivity index (χ2n) is 5.84. The van der Waals surface area contributed by atoms with Gasteiger partial charge in [0.15, 0.2) is 5.96 Å². The van der Waals surface area contributed by atoms with Crippen molar-refractivity contribution in [1.82, 2.24) is 15.5 Å². The molecule has 0 spiro atoms. The van der Waals surface area contributed by atoms with Crippen molar-refractivity contribution in [3.63, 3.8) is 0 Å². The number of rotatable bonds is 7. The van der Waals surface area contributed by atoms with Crippen LogP contribution in [0.3, 0.4) is 0 Å². The van der Waals surface area contributed by atoms with Gasteiger partial charge in [-0.05, 0) is 32.2 Å². The van der Waals surface area contributed by atoms with Gasteiger partial charge in [-0.15, -0.1) is 0 Å². The molecule has 0 aliphatic carbocycles. The largest absolute Gasteiger partial charge is 0.379 e. The molecule has 1 atom stereocenters. The number of unbranched alkanes of at least 4 members (excludes halogenated alkanes) is 1. The quantitative estimate of drug-likeness (QED) is 0.420. The Bertz CT molecular complexity index is 275. The van der Waals surface area contributed by atoms with E-state index >= 15 is 0 Å². The van der Waals surface area contributed by atoms with Gasteiger partial charge in [-0.2, -0.15) is 0 Å². The van der Waals surface area contributed by atoms with Gasteiger partial charge in [0.1, 0.15) is 0 Å². The fraction of sp³-hybridized carbons (Fsp3) is 0.933. The van der Waals surface area contributed by atoms with Crippen LogP contribution in [0.15, 0.2) is 4.99 Å². The summed E-state index contributed by atoms with van der Waals surface area (Å²) in [4.78, 5) is 6.75. The number of ether oxygens (including phenoxy) is 1. The van der Waals surface area contributed by atoms with Gasteiger partial charge in [-0.25, -0.2) is 0 Å². The topological polar surface area (TPSA) is 48.9 Å². The van der Waals surface area contributed by atoms with Crippen LogP contribution in [0, 0.1) is 5.92 Å². The highest BCUT2D eigenvalue weighted by atomic mass is 16.5. The molecule has 1 unspecified atom stereocenters. The molecule has 0 bridgehead atoms. The minimum atomic E-state index is 0.439. The number of morpholine rings is 1. The minimum absolute atomic E-state index is 0.439. The molecule has 0 aromatic rings. The van der Waals surface area contributed by atoms with Gasteiger partial charge in [0.25, 0.3) is 0 Å². The van der Waals surface area contributed by atoms with Gasteiger partial charge in [0.05, 0.1) is 13.2 Å². The zero-order valence-corrected chi connectivity index (χ0v) is 13.6. The van der Waals surface area contributed by atoms with E-state index in [1.807, 2.05) is 7.05 Å². The summed E-state index contributed by atoms with van der Waals surface area (Å²) in [5, 5.41) is 6.81. The fourth-order valence-electron chi connectivity index (χ4n) is 2.07. The van der Waals surface area contributed by atoms with Gasteiger partial charge in [-0.1, -0.05) is 13.8 Å². The van der Waals surface area contributed by atoms with Gasteiger partial charge in [0.2, 0.25) is 0 Å². The van der Waals surface area contributed by atoms with Crippen molar-refractivity contribution in [3.8, 4) is 0 Å². The molecule has 1 aliphatic heterocycles. The number of nitrogens with one attached hydrogen (secondary N) is 2. The summed E-state index contributed by atoms with van der Waals surface area (Å²) in [6, 6.07) is 0.439. The molecule has 1 rings (SSSR count). The Morgan fingerprint density at radius 2 is 1.90 bits per heavy atom. The molecule has 0 aromatic heterocycles. The molecular weight excluding hydrogens is 252 g/mol. The molecule has 1 aliphatic rings. The van der Waals surface area contributed by atoms with Gasteiger partial charge in [-0.3, -0.25) is 9.89 Å². The Labute approximate surface area is 124 Å². The van der Waals surface area contributed by atoms with E-state index in [2.05, 4.69) is 41.3 Å². The molecule has 0 saturated carbocycles. The van der Waals surface area contributed by atoms with E-state index in [4.69, 9.17) is 4.74 Å². The Kier molecular flexibility index (Phi) is 8.62. The number of nitrogens with zero attached hydrogens (tertiary/aromatic N) is 2. The van der Waals surface area contributed by atoms with Crippen LogP contribution in [0.1, 0.15) is 33.6 Å². The van der Waals surface area contributed by atoms with E-state index in [1.165, 1.54) is 19.4 Å². The first-order chi connectivity index (χ1) is 9.63. The van der Waals surface area contributed by atoms with Crippen molar-refractivity contribution in [2.75, 3.05) is 46.4 Å². The lowest BCUT2D eigenvalue weighted by Gasteiger charge is -2.26. The number of hydrogen-bond donors (Lipinski definition) is 2. The monoisotopic (exact) mass is 284 g/mol. The van der Waals surface area contributed by atoms with Gasteiger partial charge < -0.3 is 15.4 Å². The zero-order valence-electron chi connectivity index (χ0n) is 13.6. The molecule has 118 valence electrons. The lowest BCUT2D eigenvalue weighted by molar-refractivity contribution is 0.0372. The second kappa shape index (κ2) is 10.00. The molecule has 1 heterocycles. The molecular formula is C15H32N4O. The Morgan fingerprint density at radius 1 is 1.20 bits per heavy atom. The summed E-state index contributed by atoms with van der Waals surface area (Å²) >= 11 is 0. The first-order valence-electron chi connectivity index (χ1n) is 7.90. The lowest BCUT2D eigenvalue weighted by Crippen LogP contribution is -2.44. The maximum absolute atomic E-state index is 5.35. The normalized spacial score (nSPS) is 19.1. The molecule has 1 fully saturated rings. The first kappa shape index (κ1) is 17.2. The molecule has 2 N–H and O–H groups in total. The van der Waals surface area contributed by atoms with Crippen molar-refractivity contribution in [2.24, 2.45) is 10.9 Å². The molecule has 20 heavy (non-hydrogen) atoms. The molecule has 1 saturated heterocycles. The second-order valence-corrected chi connectivity index (χ2v) is 5.84. The molecule has 5 heteroatoms. The predicted octanol–water partition coefficient (Wildman–Crippen LogP) is 1.31. The Hall–Kier alpha value is -0.810. The maximum atomic E-state index is 5.35. The maximum Gasteiger partial charge on any atom is 0.191 e. The molecule has 0 radical (unpaired) electrons. The number of hydrogen-bond acceptors (Lipinski definition) is 3. The van der Waals surface area contributed by atoms with Crippen LogP contribution in [0.4, 0.5) is 0 Å². The van der Waals surface area contributed by atoms with Crippen molar-refractivity contribution in [3.05, 3.63) is 0 Å². The van der Waals surface area contributed by atoms with Crippen molar-refractivity contribution >= 4 is 5.96 Å². The van der Waals surface area contributed by atoms with Crippen LogP contribution < -0.4 is 10.6 Å². The van der Waals surface area contributed by atoms with E-state index in [0.717, 1.165) is 38.8 Å². The van der Waals surface area contributed by atoms with Crippen LogP contribution in [-0.2, 0) is 4.74 Å². The Balaban J connectivity index is 2.06. The van der Waals surface area contributed by atoms with E-state index < -0.39 is 0 Å². The summed E-state index contributed by atoms with van der Waals surface area (Å²) in [6.45, 7) is 12.7. The van der Waals surface area contributed by atoms with Gasteiger partial charge in [0, 0.05) is 32.7 Å². The van der Waals surface area contributed by atoms with E-state index in [0.29, 0.717) is 12.0 Å². The summed E-state index contributed by atoms with van der Waals surface area (Å²) in [6.07, 6.45) is 2.40. The smallest absolute Gasteiger partial charge is 0.191 e. The van der Waals surface area contributed by atoms with Crippen LogP contribution in [0.2, 0.25) is 0 Å². The fourth-order valence-corrected chi connectivity index (χ4v) is 2.07. The van der Waals surface area contributed by atoms with E-state index in [9.17, 15) is 0 Å². The third-order valence-electron chi connectivity index (χ3n) is 3.89. The standard InChI is InChI=1S/C15H32N4O/c1-13(2)14(3)18-15(16-4)17-7-5-6-8-19-9-11-20-12-10-19/h13-14H,5-12H2,1-4H3,(H2,16,17,18). The molecule has 0 aromatic carbocycles. The van der Waals surface area contributed by atoms with Crippen LogP contribution in [0.25, 0.3) is 0 Å². The van der Waals surface area contributed by atoms with Crippen molar-refractivity contribution in [2.45, 2.75) is 39.7 Å². The summed E-state index contributed by atoms with van der Waals surface area (Å²) in [7, 11) is 1.83. The summed E-state index contributed by atoms with van der Waals surface area (Å²) < 4.78 is 5.35. The van der Waals surface area contributed by atoms with Gasteiger partial charge >= 0.3 is 0 Å². The van der Waals surface area contributed by atoms with Crippen LogP contribution >= 0.6 is 0 Å². The highest BCUT2D eigenvalue weighted by Gasteiger charge is 2.10.